The summed E-state index contributed by atoms with van der Waals surface area (Å²) in [6, 6.07) is 8.44. The van der Waals surface area contributed by atoms with Gasteiger partial charge in [-0.1, -0.05) is 50.3 Å². The van der Waals surface area contributed by atoms with Crippen LogP contribution < -0.4 is 10.6 Å². The standard InChI is InChI=1S/C33H47FN6O6.CH4O/c1-5-9-23-20-39(19-22-10-7-6-8-11-22)30(37-23)29(40-21-24-25(34)18-36-27(24)28(43)31(40)44)33(2,3)13-17-46-32(45)38(16-14-35-4)15-12-26(41)42;1-2/h5-8,10-11,20,24-25,27-29,35-36,43H,1,9,12-19,21H2,2-4H3,(H,41,42);2H,1H3/t24?,25?,27?,28-,29?;/m0./s1. The van der Waals surface area contributed by atoms with Crippen molar-refractivity contribution in [2.45, 2.75) is 64.0 Å². The molecule has 0 saturated carbocycles. The molecule has 5 N–H and O–H groups in total. The molecule has 266 valence electrons. The summed E-state index contributed by atoms with van der Waals surface area (Å²) in [5.74, 6) is -1.54. The summed E-state index contributed by atoms with van der Waals surface area (Å²) >= 11 is 0. The molecular formula is C34H51FN6O7. The van der Waals surface area contributed by atoms with Crippen molar-refractivity contribution in [3.63, 3.8) is 0 Å². The van der Waals surface area contributed by atoms with E-state index in [0.717, 1.165) is 18.4 Å². The lowest BCUT2D eigenvalue weighted by atomic mass is 9.77. The zero-order chi connectivity index (χ0) is 35.4. The second kappa shape index (κ2) is 18.1. The number of carbonyl (C=O) groups is 3. The van der Waals surface area contributed by atoms with Gasteiger partial charge in [-0.25, -0.2) is 14.2 Å². The van der Waals surface area contributed by atoms with Crippen LogP contribution in [-0.4, -0.2) is 124 Å². The minimum Gasteiger partial charge on any atom is -0.481 e. The fourth-order valence-corrected chi connectivity index (χ4v) is 6.39. The topological polar surface area (TPSA) is 169 Å². The molecule has 0 bridgehead atoms. The number of carbonyl (C=O) groups excluding carboxylic acids is 2. The molecule has 2 amide bonds. The summed E-state index contributed by atoms with van der Waals surface area (Å²) in [4.78, 5) is 45.9. The Balaban J connectivity index is 0.00000307. The minimum absolute atomic E-state index is 0.00597. The molecule has 4 rings (SSSR count). The van der Waals surface area contributed by atoms with Crippen LogP contribution in [0.5, 0.6) is 0 Å². The number of hydrogen-bond acceptors (Lipinski definition) is 9. The molecule has 0 radical (unpaired) electrons. The number of aliphatic carboxylic acids is 1. The van der Waals surface area contributed by atoms with Gasteiger partial charge in [-0.05, 0) is 24.4 Å². The number of amides is 2. The highest BCUT2D eigenvalue weighted by Gasteiger charge is 2.53. The number of aliphatic hydroxyl groups excluding tert-OH is 2. The number of likely N-dealkylation sites (tertiary alicyclic amines) is 1. The Bertz CT molecular complexity index is 1360. The summed E-state index contributed by atoms with van der Waals surface area (Å²) in [5.41, 5.74) is 0.997. The predicted octanol–water partition coefficient (Wildman–Crippen LogP) is 1.99. The molecule has 0 spiro atoms. The number of ether oxygens (including phenoxy) is 1. The van der Waals surface area contributed by atoms with Gasteiger partial charge in [0.05, 0.1) is 24.8 Å². The zero-order valence-corrected chi connectivity index (χ0v) is 28.3. The van der Waals surface area contributed by atoms with Gasteiger partial charge in [-0.2, -0.15) is 0 Å². The van der Waals surface area contributed by atoms with Gasteiger partial charge < -0.3 is 45.1 Å². The van der Waals surface area contributed by atoms with E-state index >= 15 is 4.39 Å². The summed E-state index contributed by atoms with van der Waals surface area (Å²) in [5, 5.41) is 33.1. The number of piperidine rings is 1. The number of aliphatic hydroxyl groups is 2. The Kier molecular flexibility index (Phi) is 14.5. The van der Waals surface area contributed by atoms with E-state index in [2.05, 4.69) is 17.2 Å². The normalized spacial score (nSPS) is 21.1. The van der Waals surface area contributed by atoms with E-state index in [9.17, 15) is 19.5 Å². The lowest BCUT2D eigenvalue weighted by Gasteiger charge is -2.47. The molecule has 1 aromatic heterocycles. The number of halogens is 1. The summed E-state index contributed by atoms with van der Waals surface area (Å²) in [7, 11) is 2.74. The number of alkyl halides is 1. The molecule has 5 atom stereocenters. The minimum atomic E-state index is -1.42. The quantitative estimate of drug-likeness (QED) is 0.166. The number of rotatable bonds is 16. The molecule has 14 heteroatoms. The molecule has 1 aromatic carbocycles. The lowest BCUT2D eigenvalue weighted by molar-refractivity contribution is -0.156. The Labute approximate surface area is 281 Å². The summed E-state index contributed by atoms with van der Waals surface area (Å²) in [6.07, 6.45) is 0.977. The first-order chi connectivity index (χ1) is 23.0. The maximum atomic E-state index is 15.1. The number of benzene rings is 1. The average Bonchev–Trinajstić information content (AvgIpc) is 3.63. The number of carboxylic acid groups (broad SMARTS) is 1. The van der Waals surface area contributed by atoms with Crippen LogP contribution in [0.15, 0.2) is 49.2 Å². The first-order valence-electron chi connectivity index (χ1n) is 16.3. The molecular weight excluding hydrogens is 623 g/mol. The largest absolute Gasteiger partial charge is 0.481 e. The number of hydrogen-bond donors (Lipinski definition) is 5. The van der Waals surface area contributed by atoms with E-state index in [1.807, 2.05) is 54.9 Å². The van der Waals surface area contributed by atoms with Crippen molar-refractivity contribution in [1.82, 2.24) is 30.0 Å². The highest BCUT2D eigenvalue weighted by molar-refractivity contribution is 5.83. The third kappa shape index (κ3) is 9.62. The summed E-state index contributed by atoms with van der Waals surface area (Å²) in [6.45, 7) is 9.08. The van der Waals surface area contributed by atoms with Gasteiger partial charge in [-0.15, -0.1) is 6.58 Å². The van der Waals surface area contributed by atoms with Crippen LogP contribution in [0.25, 0.3) is 0 Å². The molecule has 2 fully saturated rings. The van der Waals surface area contributed by atoms with E-state index in [1.54, 1.807) is 18.0 Å². The number of nitrogens with zero attached hydrogens (tertiary/aromatic N) is 4. The zero-order valence-electron chi connectivity index (χ0n) is 28.3. The molecule has 2 aliphatic heterocycles. The monoisotopic (exact) mass is 674 g/mol. The Hall–Kier alpha value is -3.85. The summed E-state index contributed by atoms with van der Waals surface area (Å²) < 4.78 is 22.7. The average molecular weight is 675 g/mol. The second-order valence-corrected chi connectivity index (χ2v) is 12.7. The number of nitrogens with one attached hydrogen (secondary N) is 2. The number of fused-ring (bicyclic) bond motifs is 1. The van der Waals surface area contributed by atoms with Crippen LogP contribution in [0, 0.1) is 11.3 Å². The maximum absolute atomic E-state index is 15.1. The van der Waals surface area contributed by atoms with Gasteiger partial charge >= 0.3 is 12.1 Å². The molecule has 2 saturated heterocycles. The number of carboxylic acids is 1. The number of imidazole rings is 1. The van der Waals surface area contributed by atoms with Gasteiger partial charge in [0.15, 0.2) is 0 Å². The van der Waals surface area contributed by atoms with E-state index in [1.165, 1.54) is 4.90 Å². The van der Waals surface area contributed by atoms with Crippen molar-refractivity contribution in [1.29, 1.82) is 0 Å². The molecule has 48 heavy (non-hydrogen) atoms. The van der Waals surface area contributed by atoms with Crippen LogP contribution in [0.1, 0.15) is 49.8 Å². The van der Waals surface area contributed by atoms with Crippen molar-refractivity contribution in [3.05, 3.63) is 66.3 Å². The third-order valence-electron chi connectivity index (χ3n) is 8.92. The second-order valence-electron chi connectivity index (χ2n) is 12.7. The maximum Gasteiger partial charge on any atom is 0.409 e. The predicted molar refractivity (Wildman–Crippen MR) is 178 cm³/mol. The van der Waals surface area contributed by atoms with Crippen molar-refractivity contribution in [3.8, 4) is 0 Å². The molecule has 2 aliphatic rings. The third-order valence-corrected chi connectivity index (χ3v) is 8.92. The van der Waals surface area contributed by atoms with Crippen molar-refractivity contribution in [2.24, 2.45) is 11.3 Å². The number of allylic oxidation sites excluding steroid dienone is 1. The van der Waals surface area contributed by atoms with Gasteiger partial charge in [0.2, 0.25) is 0 Å². The fraction of sp³-hybridized carbons (Fsp3) is 0.588. The highest BCUT2D eigenvalue weighted by atomic mass is 19.1. The van der Waals surface area contributed by atoms with Crippen molar-refractivity contribution in [2.75, 3.05) is 53.5 Å². The lowest BCUT2D eigenvalue weighted by Crippen LogP contribution is -2.61. The van der Waals surface area contributed by atoms with Gasteiger partial charge in [-0.3, -0.25) is 9.59 Å². The molecule has 2 aromatic rings. The Morgan fingerprint density at radius 3 is 2.62 bits per heavy atom. The van der Waals surface area contributed by atoms with E-state index in [-0.39, 0.29) is 39.2 Å². The first kappa shape index (κ1) is 38.6. The molecule has 4 unspecified atom stereocenters. The molecule has 3 heterocycles. The van der Waals surface area contributed by atoms with E-state index < -0.39 is 53.7 Å². The Morgan fingerprint density at radius 1 is 1.27 bits per heavy atom. The number of aromatic nitrogens is 2. The van der Waals surface area contributed by atoms with Gasteiger partial charge in [0.1, 0.15) is 18.1 Å². The van der Waals surface area contributed by atoms with Crippen LogP contribution in [0.2, 0.25) is 0 Å². The number of likely N-dealkylation sites (N-methyl/N-ethyl adjacent to an activating group) is 1. The molecule has 0 aliphatic carbocycles. The van der Waals surface area contributed by atoms with Gasteiger partial charge in [0.25, 0.3) is 5.91 Å². The van der Waals surface area contributed by atoms with Crippen molar-refractivity contribution >= 4 is 18.0 Å². The van der Waals surface area contributed by atoms with Crippen LogP contribution in [0.4, 0.5) is 9.18 Å². The van der Waals surface area contributed by atoms with Crippen LogP contribution in [-0.2, 0) is 27.3 Å². The molecule has 13 nitrogen and oxygen atoms in total. The SMILES string of the molecule is C=CCc1cn(Cc2ccccc2)c(C(N2CC3C(F)CNC3[C@H](O)C2=O)C(C)(C)CCOC(=O)N(CCNC)CCC(=O)O)n1.CO. The fourth-order valence-electron chi connectivity index (χ4n) is 6.39. The van der Waals surface area contributed by atoms with E-state index in [0.29, 0.717) is 31.8 Å². The van der Waals surface area contributed by atoms with Crippen LogP contribution in [0.3, 0.4) is 0 Å². The van der Waals surface area contributed by atoms with Crippen molar-refractivity contribution < 1.29 is 38.8 Å². The highest BCUT2D eigenvalue weighted by Crippen LogP contribution is 2.44. The van der Waals surface area contributed by atoms with Crippen LogP contribution >= 0.6 is 0 Å². The van der Waals surface area contributed by atoms with E-state index in [4.69, 9.17) is 19.9 Å². The Morgan fingerprint density at radius 2 is 1.98 bits per heavy atom. The first-order valence-corrected chi connectivity index (χ1v) is 16.3. The smallest absolute Gasteiger partial charge is 0.409 e. The van der Waals surface area contributed by atoms with Gasteiger partial charge in [0, 0.05) is 71.0 Å².